The Morgan fingerprint density at radius 3 is 2.04 bits per heavy atom. The van der Waals surface area contributed by atoms with Gasteiger partial charge in [-0.1, -0.05) is 6.07 Å². The average molecular weight is 351 g/mol. The number of rotatable bonds is 6. The van der Waals surface area contributed by atoms with E-state index in [0.717, 1.165) is 0 Å². The van der Waals surface area contributed by atoms with Gasteiger partial charge >= 0.3 is 17.9 Å². The van der Waals surface area contributed by atoms with Crippen molar-refractivity contribution in [2.24, 2.45) is 0 Å². The van der Waals surface area contributed by atoms with E-state index in [4.69, 9.17) is 14.2 Å². The van der Waals surface area contributed by atoms with E-state index in [1.54, 1.807) is 6.07 Å². The van der Waals surface area contributed by atoms with Crippen molar-refractivity contribution < 1.29 is 33.4 Å². The summed E-state index contributed by atoms with van der Waals surface area (Å²) in [7, 11) is 1.22. The molecule has 0 saturated carbocycles. The van der Waals surface area contributed by atoms with Gasteiger partial charge in [-0.2, -0.15) is 0 Å². The zero-order valence-electron chi connectivity index (χ0n) is 14.8. The van der Waals surface area contributed by atoms with Crippen molar-refractivity contribution in [1.29, 1.82) is 0 Å². The van der Waals surface area contributed by atoms with Crippen LogP contribution in [-0.4, -0.2) is 36.5 Å². The van der Waals surface area contributed by atoms with Crippen LogP contribution in [0.25, 0.3) is 0 Å². The molecule has 0 aliphatic rings. The van der Waals surface area contributed by atoms with Gasteiger partial charge in [0.15, 0.2) is 11.5 Å². The summed E-state index contributed by atoms with van der Waals surface area (Å²) in [6.07, 6.45) is 0.0773. The molecule has 1 amide bonds. The Labute approximate surface area is 145 Å². The van der Waals surface area contributed by atoms with Crippen LogP contribution in [0.2, 0.25) is 0 Å². The summed E-state index contributed by atoms with van der Waals surface area (Å²) in [5, 5.41) is 2.56. The highest BCUT2D eigenvalue weighted by molar-refractivity contribution is 5.87. The number of esters is 3. The van der Waals surface area contributed by atoms with Gasteiger partial charge in [-0.25, -0.2) is 4.79 Å². The molecule has 0 heterocycles. The zero-order chi connectivity index (χ0) is 19.2. The van der Waals surface area contributed by atoms with Crippen LogP contribution in [0.3, 0.4) is 0 Å². The Balaban J connectivity index is 3.22. The van der Waals surface area contributed by atoms with Gasteiger partial charge in [0.1, 0.15) is 5.54 Å². The van der Waals surface area contributed by atoms with Crippen LogP contribution in [0.5, 0.6) is 11.5 Å². The summed E-state index contributed by atoms with van der Waals surface area (Å²) >= 11 is 0. The second-order valence-corrected chi connectivity index (χ2v) is 5.65. The molecule has 0 radical (unpaired) electrons. The van der Waals surface area contributed by atoms with Gasteiger partial charge in [-0.15, -0.1) is 0 Å². The average Bonchev–Trinajstić information content (AvgIpc) is 2.47. The summed E-state index contributed by atoms with van der Waals surface area (Å²) in [5.41, 5.74) is -0.745. The van der Waals surface area contributed by atoms with Crippen molar-refractivity contribution in [1.82, 2.24) is 5.32 Å². The third-order valence-electron chi connectivity index (χ3n) is 3.16. The van der Waals surface area contributed by atoms with Gasteiger partial charge in [0.25, 0.3) is 0 Å². The Morgan fingerprint density at radius 1 is 1.00 bits per heavy atom. The van der Waals surface area contributed by atoms with E-state index in [1.165, 1.54) is 46.9 Å². The monoisotopic (exact) mass is 351 g/mol. The minimum atomic E-state index is -1.31. The normalized spacial score (nSPS) is 12.5. The molecular formula is C17H21NO7. The first-order chi connectivity index (χ1) is 11.6. The minimum Gasteiger partial charge on any atom is -0.467 e. The van der Waals surface area contributed by atoms with E-state index >= 15 is 0 Å². The first kappa shape index (κ1) is 20.1. The van der Waals surface area contributed by atoms with Gasteiger partial charge in [-0.05, 0) is 24.6 Å². The summed E-state index contributed by atoms with van der Waals surface area (Å²) in [4.78, 5) is 45.9. The van der Waals surface area contributed by atoms with E-state index < -0.39 is 29.4 Å². The predicted molar refractivity (Wildman–Crippen MR) is 87.0 cm³/mol. The van der Waals surface area contributed by atoms with Gasteiger partial charge in [-0.3, -0.25) is 14.4 Å². The topological polar surface area (TPSA) is 108 Å². The number of carbonyl (C=O) groups is 4. The molecule has 8 nitrogen and oxygen atoms in total. The molecule has 8 heteroatoms. The van der Waals surface area contributed by atoms with Crippen molar-refractivity contribution in [3.05, 3.63) is 23.8 Å². The molecule has 25 heavy (non-hydrogen) atoms. The largest absolute Gasteiger partial charge is 0.467 e. The predicted octanol–water partition coefficient (Wildman–Crippen LogP) is 1.15. The highest BCUT2D eigenvalue weighted by atomic mass is 16.6. The second-order valence-electron chi connectivity index (χ2n) is 5.65. The van der Waals surface area contributed by atoms with Crippen LogP contribution < -0.4 is 14.8 Å². The van der Waals surface area contributed by atoms with Gasteiger partial charge in [0.05, 0.1) is 7.11 Å². The summed E-state index contributed by atoms with van der Waals surface area (Å²) < 4.78 is 14.8. The maximum atomic E-state index is 12.1. The molecule has 1 atom stereocenters. The lowest BCUT2D eigenvalue weighted by atomic mass is 9.92. The van der Waals surface area contributed by atoms with Gasteiger partial charge < -0.3 is 19.5 Å². The fraction of sp³-hybridized carbons (Fsp3) is 0.412. The van der Waals surface area contributed by atoms with Gasteiger partial charge in [0.2, 0.25) is 5.91 Å². The molecule has 0 aliphatic heterocycles. The molecule has 1 rings (SSSR count). The lowest BCUT2D eigenvalue weighted by Gasteiger charge is -2.27. The third-order valence-corrected chi connectivity index (χ3v) is 3.16. The number of ether oxygens (including phenoxy) is 3. The third kappa shape index (κ3) is 5.91. The Bertz CT molecular complexity index is 698. The minimum absolute atomic E-state index is 0.0373. The van der Waals surface area contributed by atoms with Crippen LogP contribution in [0.4, 0.5) is 0 Å². The maximum Gasteiger partial charge on any atom is 0.331 e. The molecule has 0 aliphatic carbocycles. The van der Waals surface area contributed by atoms with E-state index in [-0.39, 0.29) is 17.9 Å². The first-order valence-corrected chi connectivity index (χ1v) is 7.44. The van der Waals surface area contributed by atoms with Crippen molar-refractivity contribution in [3.8, 4) is 11.5 Å². The van der Waals surface area contributed by atoms with Crippen LogP contribution in [0.1, 0.15) is 33.3 Å². The fourth-order valence-electron chi connectivity index (χ4n) is 2.33. The second kappa shape index (κ2) is 8.27. The molecule has 0 saturated heterocycles. The highest BCUT2D eigenvalue weighted by Crippen LogP contribution is 2.30. The number of amides is 1. The smallest absolute Gasteiger partial charge is 0.331 e. The number of nitrogens with one attached hydrogen (secondary N) is 1. The molecule has 1 aromatic carbocycles. The van der Waals surface area contributed by atoms with Crippen LogP contribution in [0, 0.1) is 0 Å². The molecule has 0 spiro atoms. The molecule has 1 N–H and O–H groups in total. The SMILES string of the molecule is COC(=O)[C@@](C)(Cc1ccc(OC(C)=O)c(OC(C)=O)c1)NC(C)=O. The Morgan fingerprint density at radius 2 is 1.56 bits per heavy atom. The lowest BCUT2D eigenvalue weighted by Crippen LogP contribution is -2.53. The van der Waals surface area contributed by atoms with Crippen molar-refractivity contribution in [2.75, 3.05) is 7.11 Å². The zero-order valence-corrected chi connectivity index (χ0v) is 14.8. The Kier molecular flexibility index (Phi) is 6.67. The quantitative estimate of drug-likeness (QED) is 0.605. The molecule has 0 aromatic heterocycles. The van der Waals surface area contributed by atoms with Crippen molar-refractivity contribution >= 4 is 23.8 Å². The molecule has 136 valence electrons. The van der Waals surface area contributed by atoms with Crippen LogP contribution in [0.15, 0.2) is 18.2 Å². The Hall–Kier alpha value is -2.90. The molecular weight excluding hydrogens is 330 g/mol. The summed E-state index contributed by atoms with van der Waals surface area (Å²) in [6.45, 7) is 5.23. The highest BCUT2D eigenvalue weighted by Gasteiger charge is 2.35. The standard InChI is InChI=1S/C17H21NO7/c1-10(19)18-17(4,16(22)23-5)9-13-6-7-14(24-11(2)20)15(8-13)25-12(3)21/h6-8H,9H2,1-5H3,(H,18,19)/t17-/m1/s1. The molecule has 0 bridgehead atoms. The lowest BCUT2D eigenvalue weighted by molar-refractivity contribution is -0.150. The van der Waals surface area contributed by atoms with E-state index in [1.807, 2.05) is 0 Å². The maximum absolute atomic E-state index is 12.1. The van der Waals surface area contributed by atoms with Crippen LogP contribution in [-0.2, 0) is 30.3 Å². The van der Waals surface area contributed by atoms with Crippen molar-refractivity contribution in [2.45, 2.75) is 39.7 Å². The molecule has 0 unspecified atom stereocenters. The first-order valence-electron chi connectivity index (χ1n) is 7.44. The number of benzene rings is 1. The van der Waals surface area contributed by atoms with Crippen molar-refractivity contribution in [3.63, 3.8) is 0 Å². The summed E-state index contributed by atoms with van der Waals surface area (Å²) in [6, 6.07) is 4.50. The fourth-order valence-corrected chi connectivity index (χ4v) is 2.33. The van der Waals surface area contributed by atoms with E-state index in [2.05, 4.69) is 5.32 Å². The number of hydrogen-bond acceptors (Lipinski definition) is 7. The van der Waals surface area contributed by atoms with E-state index in [9.17, 15) is 19.2 Å². The van der Waals surface area contributed by atoms with E-state index in [0.29, 0.717) is 5.56 Å². The number of carbonyl (C=O) groups excluding carboxylic acids is 4. The number of hydrogen-bond donors (Lipinski definition) is 1. The molecule has 1 aromatic rings. The van der Waals surface area contributed by atoms with Crippen LogP contribution >= 0.6 is 0 Å². The summed E-state index contributed by atoms with van der Waals surface area (Å²) in [5.74, 6) is -2.08. The van der Waals surface area contributed by atoms with Gasteiger partial charge in [0, 0.05) is 27.2 Å². The molecule has 0 fully saturated rings. The number of methoxy groups -OCH3 is 1.